The molecule has 1 aliphatic heterocycles. The Balaban J connectivity index is 1.84. The van der Waals surface area contributed by atoms with Gasteiger partial charge >= 0.3 is 0 Å². The van der Waals surface area contributed by atoms with Crippen LogP contribution >= 0.6 is 12.2 Å². The molecule has 0 unspecified atom stereocenters. The van der Waals surface area contributed by atoms with Crippen LogP contribution in [0, 0.1) is 0 Å². The molecule has 0 saturated carbocycles. The third-order valence-corrected chi connectivity index (χ3v) is 13.0. The second-order valence-electron chi connectivity index (χ2n) is 12.5. The molecule has 1 amide bonds. The Morgan fingerprint density at radius 3 is 2.15 bits per heavy atom. The summed E-state index contributed by atoms with van der Waals surface area (Å²) in [4.78, 5) is 16.4. The Morgan fingerprint density at radius 1 is 0.935 bits per heavy atom. The molecule has 248 valence electrons. The van der Waals surface area contributed by atoms with E-state index in [0.29, 0.717) is 17.1 Å². The molecule has 0 aromatic heterocycles. The maximum absolute atomic E-state index is 14.9. The number of benzene rings is 3. The predicted molar refractivity (Wildman–Crippen MR) is 182 cm³/mol. The van der Waals surface area contributed by atoms with Gasteiger partial charge in [0.1, 0.15) is 12.7 Å². The van der Waals surface area contributed by atoms with Crippen LogP contribution in [-0.4, -0.2) is 64.8 Å². The molecule has 4 rings (SSSR count). The highest BCUT2D eigenvalue weighted by Gasteiger charge is 2.47. The molecular weight excluding hydrogens is 623 g/mol. The number of carbonyl (C=O) groups is 1. The van der Waals surface area contributed by atoms with Crippen molar-refractivity contribution in [3.05, 3.63) is 95.6 Å². The molecule has 0 N–H and O–H groups in total. The van der Waals surface area contributed by atoms with Crippen LogP contribution in [0.1, 0.15) is 49.6 Å². The van der Waals surface area contributed by atoms with Crippen molar-refractivity contribution in [1.29, 1.82) is 0 Å². The van der Waals surface area contributed by atoms with Crippen molar-refractivity contribution >= 4 is 31.6 Å². The molecule has 0 radical (unpaired) electrons. The van der Waals surface area contributed by atoms with Gasteiger partial charge in [-0.25, -0.2) is 0 Å². The van der Waals surface area contributed by atoms with Crippen LogP contribution in [0.15, 0.2) is 78.9 Å². The molecule has 11 heteroatoms. The lowest BCUT2D eigenvalue weighted by atomic mass is 10.0. The molecule has 3 aromatic carbocycles. The molecule has 1 saturated heterocycles. The van der Waals surface area contributed by atoms with Gasteiger partial charge in [0.15, 0.2) is 39.5 Å². The van der Waals surface area contributed by atoms with Gasteiger partial charge in [0, 0.05) is 14.2 Å². The minimum absolute atomic E-state index is 0.00837. The fourth-order valence-electron chi connectivity index (χ4n) is 4.75. The average Bonchev–Trinajstić information content (AvgIpc) is 3.43. The van der Waals surface area contributed by atoms with Crippen LogP contribution in [0.4, 0.5) is 0 Å². The Bertz CT molecular complexity index is 1430. The summed E-state index contributed by atoms with van der Waals surface area (Å²) < 4.78 is 41.5. The summed E-state index contributed by atoms with van der Waals surface area (Å²) in [5.74, 6) is 0.520. The van der Waals surface area contributed by atoms with Crippen molar-refractivity contribution < 1.29 is 37.6 Å². The van der Waals surface area contributed by atoms with E-state index in [-0.39, 0.29) is 42.9 Å². The Hall–Kier alpha value is -3.32. The number of methoxy groups -OCH3 is 2. The van der Waals surface area contributed by atoms with Crippen molar-refractivity contribution in [3.63, 3.8) is 0 Å². The molecule has 0 spiro atoms. The van der Waals surface area contributed by atoms with Crippen LogP contribution < -0.4 is 9.47 Å². The van der Waals surface area contributed by atoms with Crippen LogP contribution in [0.2, 0.25) is 18.1 Å². The molecule has 0 bridgehead atoms. The van der Waals surface area contributed by atoms with E-state index in [1.54, 1.807) is 20.3 Å². The number of carbonyl (C=O) groups excluding carboxylic acids is 1. The van der Waals surface area contributed by atoms with E-state index in [0.717, 1.165) is 11.1 Å². The number of thiocarbonyl (C=S) groups is 1. The molecule has 3 atom stereocenters. The second kappa shape index (κ2) is 16.0. The van der Waals surface area contributed by atoms with Gasteiger partial charge in [-0.1, -0.05) is 87.5 Å². The van der Waals surface area contributed by atoms with Gasteiger partial charge in [0.25, 0.3) is 11.1 Å². The summed E-state index contributed by atoms with van der Waals surface area (Å²) in [6.45, 7) is 11.2. The lowest BCUT2D eigenvalue weighted by Crippen LogP contribution is -2.49. The van der Waals surface area contributed by atoms with Crippen molar-refractivity contribution in [2.75, 3.05) is 34.4 Å². The van der Waals surface area contributed by atoms with Gasteiger partial charge in [0.05, 0.1) is 12.6 Å². The number of ether oxygens (including phenoxy) is 6. The van der Waals surface area contributed by atoms with Gasteiger partial charge in [-0.2, -0.15) is 0 Å². The summed E-state index contributed by atoms with van der Waals surface area (Å²) in [7, 11) is 0.571. The Labute approximate surface area is 278 Å². The van der Waals surface area contributed by atoms with E-state index in [2.05, 4.69) is 33.9 Å². The number of hydrogen-bond acceptors (Lipinski definition) is 9. The second-order valence-corrected chi connectivity index (χ2v) is 17.6. The standard InChI is InChI=1S/C35H45NO8SSi/c1-35(2,3)46(6,7)44-31(27-18-19-29(42-23-38-4)30(20-27)43-24-39-5)32(40-21-25-14-10-8-11-15-25)33(37)36-28(22-41-34(36)45)26-16-12-9-13-17-26/h8-20,28,31-32H,21-24H2,1-7H3/t28-,31-,32+/m1/s1. The summed E-state index contributed by atoms with van der Waals surface area (Å²) >= 11 is 5.62. The zero-order valence-corrected chi connectivity index (χ0v) is 29.5. The number of rotatable bonds is 15. The summed E-state index contributed by atoms with van der Waals surface area (Å²) in [5, 5.41) is -0.0703. The third kappa shape index (κ3) is 8.72. The first-order valence-corrected chi connectivity index (χ1v) is 18.5. The monoisotopic (exact) mass is 667 g/mol. The summed E-state index contributed by atoms with van der Waals surface area (Å²) in [6.07, 6.45) is -1.93. The lowest BCUT2D eigenvalue weighted by Gasteiger charge is -2.42. The van der Waals surface area contributed by atoms with E-state index in [1.807, 2.05) is 72.8 Å². The van der Waals surface area contributed by atoms with Gasteiger partial charge in [-0.05, 0) is 59.2 Å². The smallest absolute Gasteiger partial charge is 0.266 e. The Morgan fingerprint density at radius 2 is 1.54 bits per heavy atom. The molecule has 1 aliphatic rings. The van der Waals surface area contributed by atoms with Crippen molar-refractivity contribution in [2.45, 2.75) is 63.8 Å². The largest absolute Gasteiger partial charge is 0.468 e. The topological polar surface area (TPSA) is 84.9 Å². The molecule has 1 heterocycles. The molecule has 46 heavy (non-hydrogen) atoms. The Kier molecular flexibility index (Phi) is 12.3. The maximum atomic E-state index is 14.9. The van der Waals surface area contributed by atoms with Gasteiger partial charge < -0.3 is 32.8 Å². The third-order valence-electron chi connectivity index (χ3n) is 8.27. The van der Waals surface area contributed by atoms with Crippen molar-refractivity contribution in [1.82, 2.24) is 4.90 Å². The van der Waals surface area contributed by atoms with E-state index >= 15 is 0 Å². The molecule has 1 fully saturated rings. The minimum Gasteiger partial charge on any atom is -0.468 e. The van der Waals surface area contributed by atoms with E-state index < -0.39 is 26.6 Å². The van der Waals surface area contributed by atoms with Gasteiger partial charge in [-0.3, -0.25) is 9.69 Å². The van der Waals surface area contributed by atoms with Gasteiger partial charge in [-0.15, -0.1) is 0 Å². The van der Waals surface area contributed by atoms with Crippen molar-refractivity contribution in [3.8, 4) is 11.5 Å². The molecule has 3 aromatic rings. The minimum atomic E-state index is -2.51. The lowest BCUT2D eigenvalue weighted by molar-refractivity contribution is -0.149. The summed E-state index contributed by atoms with van der Waals surface area (Å²) in [5.41, 5.74) is 2.50. The van der Waals surface area contributed by atoms with Gasteiger partial charge in [0.2, 0.25) is 0 Å². The van der Waals surface area contributed by atoms with Crippen LogP contribution in [-0.2, 0) is 34.8 Å². The van der Waals surface area contributed by atoms with Crippen LogP contribution in [0.25, 0.3) is 0 Å². The zero-order valence-electron chi connectivity index (χ0n) is 27.7. The zero-order chi connectivity index (χ0) is 33.3. The fraction of sp³-hybridized carbons (Fsp3) is 0.429. The van der Waals surface area contributed by atoms with E-state index in [9.17, 15) is 4.79 Å². The number of nitrogens with zero attached hydrogens (tertiary/aromatic N) is 1. The average molecular weight is 668 g/mol. The first-order valence-electron chi connectivity index (χ1n) is 15.2. The highest BCUT2D eigenvalue weighted by molar-refractivity contribution is 7.80. The maximum Gasteiger partial charge on any atom is 0.266 e. The highest BCUT2D eigenvalue weighted by Crippen LogP contribution is 2.43. The number of hydrogen-bond donors (Lipinski definition) is 0. The predicted octanol–water partition coefficient (Wildman–Crippen LogP) is 7.19. The molecule has 9 nitrogen and oxygen atoms in total. The van der Waals surface area contributed by atoms with Crippen LogP contribution in [0.5, 0.6) is 11.5 Å². The molecular formula is C35H45NO8SSi. The van der Waals surface area contributed by atoms with Crippen molar-refractivity contribution in [2.24, 2.45) is 0 Å². The highest BCUT2D eigenvalue weighted by atomic mass is 32.1. The first kappa shape index (κ1) is 35.5. The first-order chi connectivity index (χ1) is 22.0. The fourth-order valence-corrected chi connectivity index (χ4v) is 6.28. The summed E-state index contributed by atoms with van der Waals surface area (Å²) in [6, 6.07) is 24.5. The quantitative estimate of drug-likeness (QED) is 0.0950. The normalized spacial score (nSPS) is 16.5. The SMILES string of the molecule is COCOc1ccc([C@@H](O[Si](C)(C)C(C)(C)C)[C@H](OCc2ccccc2)C(=O)N2C(=S)OC[C@@H]2c2ccccc2)cc1OCOC. The molecule has 0 aliphatic carbocycles. The van der Waals surface area contributed by atoms with E-state index in [4.69, 9.17) is 45.1 Å². The van der Waals surface area contributed by atoms with E-state index in [1.165, 1.54) is 4.90 Å². The number of amides is 1. The van der Waals surface area contributed by atoms with Crippen LogP contribution in [0.3, 0.4) is 0 Å².